The zero-order chi connectivity index (χ0) is 17.5. The van der Waals surface area contributed by atoms with Crippen LogP contribution in [0.2, 0.25) is 10.0 Å². The van der Waals surface area contributed by atoms with Crippen LogP contribution in [0.25, 0.3) is 0 Å². The minimum atomic E-state index is -1.69. The fourth-order valence-electron chi connectivity index (χ4n) is 2.30. The summed E-state index contributed by atoms with van der Waals surface area (Å²) < 4.78 is 5.13. The second kappa shape index (κ2) is 6.11. The van der Waals surface area contributed by atoms with Gasteiger partial charge in [-0.2, -0.15) is 0 Å². The zero-order valence-corrected chi connectivity index (χ0v) is 14.2. The van der Waals surface area contributed by atoms with Crippen LogP contribution in [0, 0.1) is 0 Å². The number of hydrogen-bond acceptors (Lipinski definition) is 4. The standard InChI is InChI=1S/C16H14Cl2N2O4/c1-16(15(22)23,9-4-5-10(17)11(18)6-9)19-14(21)12-7-13(24-20-12)8-2-3-8/h4-8H,2-3H2,1H3,(H,19,21)(H,22,23). The summed E-state index contributed by atoms with van der Waals surface area (Å²) >= 11 is 11.8. The lowest BCUT2D eigenvalue weighted by Gasteiger charge is -2.26. The molecule has 1 fully saturated rings. The van der Waals surface area contributed by atoms with Crippen molar-refractivity contribution in [3.05, 3.63) is 51.3 Å². The molecule has 1 aliphatic carbocycles. The van der Waals surface area contributed by atoms with E-state index in [1.807, 2.05) is 0 Å². The van der Waals surface area contributed by atoms with Crippen LogP contribution in [-0.4, -0.2) is 22.1 Å². The van der Waals surface area contributed by atoms with E-state index in [0.29, 0.717) is 22.3 Å². The van der Waals surface area contributed by atoms with Crippen LogP contribution in [0.1, 0.15) is 47.5 Å². The zero-order valence-electron chi connectivity index (χ0n) is 12.7. The predicted octanol–water partition coefficient (Wildman–Crippen LogP) is 3.59. The smallest absolute Gasteiger partial charge is 0.333 e. The molecule has 0 bridgehead atoms. The van der Waals surface area contributed by atoms with E-state index in [0.717, 1.165) is 12.8 Å². The van der Waals surface area contributed by atoms with E-state index in [-0.39, 0.29) is 10.7 Å². The molecule has 1 aromatic carbocycles. The Kier molecular flexibility index (Phi) is 4.27. The van der Waals surface area contributed by atoms with Gasteiger partial charge in [-0.15, -0.1) is 0 Å². The molecule has 0 aliphatic heterocycles. The van der Waals surface area contributed by atoms with Gasteiger partial charge in [0.2, 0.25) is 0 Å². The molecule has 1 saturated carbocycles. The molecule has 3 rings (SSSR count). The lowest BCUT2D eigenvalue weighted by atomic mass is 9.92. The Balaban J connectivity index is 1.87. The molecule has 2 N–H and O–H groups in total. The van der Waals surface area contributed by atoms with Gasteiger partial charge in [-0.25, -0.2) is 4.79 Å². The number of carboxylic acids is 1. The van der Waals surface area contributed by atoms with Gasteiger partial charge in [-0.1, -0.05) is 34.4 Å². The van der Waals surface area contributed by atoms with E-state index in [2.05, 4.69) is 10.5 Å². The predicted molar refractivity (Wildman–Crippen MR) is 87.4 cm³/mol. The molecule has 0 radical (unpaired) electrons. The van der Waals surface area contributed by atoms with Gasteiger partial charge in [0.15, 0.2) is 11.2 Å². The fraction of sp³-hybridized carbons (Fsp3) is 0.312. The summed E-state index contributed by atoms with van der Waals surface area (Å²) in [5.41, 5.74) is -1.35. The summed E-state index contributed by atoms with van der Waals surface area (Å²) in [6.45, 7) is 1.37. The van der Waals surface area contributed by atoms with E-state index < -0.39 is 17.4 Å². The molecule has 1 atom stereocenters. The molecule has 24 heavy (non-hydrogen) atoms. The minimum Gasteiger partial charge on any atom is -0.479 e. The quantitative estimate of drug-likeness (QED) is 0.840. The van der Waals surface area contributed by atoms with Gasteiger partial charge in [-0.05, 0) is 37.5 Å². The Hall–Kier alpha value is -2.05. The number of aromatic nitrogens is 1. The highest BCUT2D eigenvalue weighted by Gasteiger charge is 2.38. The number of aliphatic carboxylic acids is 1. The Morgan fingerprint density at radius 2 is 2.00 bits per heavy atom. The van der Waals surface area contributed by atoms with Crippen molar-refractivity contribution >= 4 is 35.1 Å². The first-order valence-electron chi connectivity index (χ1n) is 7.29. The number of rotatable bonds is 5. The maximum atomic E-state index is 12.4. The Morgan fingerprint density at radius 1 is 1.29 bits per heavy atom. The molecule has 0 saturated heterocycles. The SMILES string of the molecule is CC(NC(=O)c1cc(C2CC2)on1)(C(=O)O)c1ccc(Cl)c(Cl)c1. The molecule has 1 aromatic heterocycles. The first kappa shape index (κ1) is 16.8. The molecule has 1 heterocycles. The molecule has 126 valence electrons. The molecule has 0 spiro atoms. The number of halogens is 2. The van der Waals surface area contributed by atoms with E-state index in [1.54, 1.807) is 6.07 Å². The van der Waals surface area contributed by atoms with Gasteiger partial charge < -0.3 is 14.9 Å². The molecule has 6 nitrogen and oxygen atoms in total. The van der Waals surface area contributed by atoms with Crippen molar-refractivity contribution in [2.24, 2.45) is 0 Å². The van der Waals surface area contributed by atoms with Gasteiger partial charge >= 0.3 is 5.97 Å². The highest BCUT2D eigenvalue weighted by molar-refractivity contribution is 6.42. The number of nitrogens with zero attached hydrogens (tertiary/aromatic N) is 1. The van der Waals surface area contributed by atoms with Crippen LogP contribution >= 0.6 is 23.2 Å². The van der Waals surface area contributed by atoms with Gasteiger partial charge in [0.05, 0.1) is 10.0 Å². The van der Waals surface area contributed by atoms with Crippen LogP contribution in [0.15, 0.2) is 28.8 Å². The lowest BCUT2D eigenvalue weighted by Crippen LogP contribution is -2.49. The summed E-state index contributed by atoms with van der Waals surface area (Å²) in [7, 11) is 0. The molecule has 1 aliphatic rings. The fourth-order valence-corrected chi connectivity index (χ4v) is 2.60. The van der Waals surface area contributed by atoms with E-state index in [1.165, 1.54) is 25.1 Å². The largest absolute Gasteiger partial charge is 0.479 e. The van der Waals surface area contributed by atoms with Crippen molar-refractivity contribution in [3.8, 4) is 0 Å². The summed E-state index contributed by atoms with van der Waals surface area (Å²) in [5, 5.41) is 16.3. The maximum absolute atomic E-state index is 12.4. The molecular weight excluding hydrogens is 355 g/mol. The Labute approximate surface area is 147 Å². The first-order valence-corrected chi connectivity index (χ1v) is 8.05. The Morgan fingerprint density at radius 3 is 2.58 bits per heavy atom. The number of nitrogens with one attached hydrogen (secondary N) is 1. The maximum Gasteiger partial charge on any atom is 0.333 e. The average molecular weight is 369 g/mol. The highest BCUT2D eigenvalue weighted by Crippen LogP contribution is 2.40. The summed E-state index contributed by atoms with van der Waals surface area (Å²) in [5.74, 6) is -0.923. The molecule has 8 heteroatoms. The minimum absolute atomic E-state index is 0.0458. The van der Waals surface area contributed by atoms with Crippen molar-refractivity contribution in [2.45, 2.75) is 31.2 Å². The molecule has 1 amide bonds. The normalized spacial score (nSPS) is 16.5. The van der Waals surface area contributed by atoms with Crippen molar-refractivity contribution in [2.75, 3.05) is 0 Å². The third kappa shape index (κ3) is 3.12. The Bertz CT molecular complexity index is 816. The molecular formula is C16H14Cl2N2O4. The number of carbonyl (C=O) groups excluding carboxylic acids is 1. The van der Waals surface area contributed by atoms with Crippen molar-refractivity contribution < 1.29 is 19.2 Å². The molecule has 1 unspecified atom stereocenters. The summed E-state index contributed by atoms with van der Waals surface area (Å²) in [4.78, 5) is 24.2. The van der Waals surface area contributed by atoms with Gasteiger partial charge in [0.25, 0.3) is 5.91 Å². The highest BCUT2D eigenvalue weighted by atomic mass is 35.5. The number of carboxylic acid groups (broad SMARTS) is 1. The van der Waals surface area contributed by atoms with E-state index in [4.69, 9.17) is 27.7 Å². The van der Waals surface area contributed by atoms with Crippen LogP contribution in [0.5, 0.6) is 0 Å². The van der Waals surface area contributed by atoms with Crippen LogP contribution in [-0.2, 0) is 10.3 Å². The second-order valence-electron chi connectivity index (χ2n) is 5.90. The third-order valence-corrected chi connectivity index (χ3v) is 4.77. The van der Waals surface area contributed by atoms with Gasteiger partial charge in [-0.3, -0.25) is 4.79 Å². The first-order chi connectivity index (χ1) is 11.3. The van der Waals surface area contributed by atoms with Crippen molar-refractivity contribution in [3.63, 3.8) is 0 Å². The van der Waals surface area contributed by atoms with Crippen molar-refractivity contribution in [1.29, 1.82) is 0 Å². The number of hydrogen-bond donors (Lipinski definition) is 2. The topological polar surface area (TPSA) is 92.4 Å². The summed E-state index contributed by atoms with van der Waals surface area (Å²) in [6.07, 6.45) is 2.01. The van der Waals surface area contributed by atoms with Crippen LogP contribution < -0.4 is 5.32 Å². The monoisotopic (exact) mass is 368 g/mol. The lowest BCUT2D eigenvalue weighted by molar-refractivity contribution is -0.144. The van der Waals surface area contributed by atoms with Crippen LogP contribution in [0.3, 0.4) is 0 Å². The van der Waals surface area contributed by atoms with Gasteiger partial charge in [0, 0.05) is 12.0 Å². The number of benzene rings is 1. The van der Waals surface area contributed by atoms with Gasteiger partial charge in [0.1, 0.15) is 5.76 Å². The number of carbonyl (C=O) groups is 2. The summed E-state index contributed by atoms with van der Waals surface area (Å²) in [6, 6.07) is 5.94. The van der Waals surface area contributed by atoms with Crippen LogP contribution in [0.4, 0.5) is 0 Å². The second-order valence-corrected chi connectivity index (χ2v) is 6.72. The van der Waals surface area contributed by atoms with Crippen molar-refractivity contribution in [1.82, 2.24) is 10.5 Å². The van der Waals surface area contributed by atoms with E-state index >= 15 is 0 Å². The molecule has 2 aromatic rings. The average Bonchev–Trinajstić information content (AvgIpc) is 3.26. The van der Waals surface area contributed by atoms with E-state index in [9.17, 15) is 14.7 Å². The number of amides is 1. The third-order valence-electron chi connectivity index (χ3n) is 4.03.